The molecule has 4 rings (SSSR count). The average Bonchev–Trinajstić information content (AvgIpc) is 2.33. The maximum absolute atomic E-state index is 15.9. The fraction of sp³-hybridized carbons (Fsp3) is 0.911. The van der Waals surface area contributed by atoms with Gasteiger partial charge in [-0.3, -0.25) is 14.4 Å². The predicted molar refractivity (Wildman–Crippen MR) is 297 cm³/mol. The van der Waals surface area contributed by atoms with E-state index in [4.69, 9.17) is 56.9 Å². The van der Waals surface area contributed by atoms with Crippen molar-refractivity contribution in [3.05, 3.63) is 0 Å². The van der Waals surface area contributed by atoms with E-state index in [-0.39, 0.29) is 43.2 Å². The number of cyclic esters (lactones) is 1. The Balaban J connectivity index is 2.01. The molecule has 4 aliphatic rings. The molecule has 4 fully saturated rings. The van der Waals surface area contributed by atoms with Gasteiger partial charge in [-0.1, -0.05) is 53.6 Å². The summed E-state index contributed by atoms with van der Waals surface area (Å²) in [6.45, 7) is 23.8. The van der Waals surface area contributed by atoms with Crippen LogP contribution in [0, 0.1) is 41.4 Å². The Morgan fingerprint density at radius 3 is 2.06 bits per heavy atom. The summed E-state index contributed by atoms with van der Waals surface area (Å²) in [6, 6.07) is -0.0720. The summed E-state index contributed by atoms with van der Waals surface area (Å²) in [7, 11) is 0.205. The van der Waals surface area contributed by atoms with Gasteiger partial charge >= 0.3 is 33.6 Å². The minimum atomic E-state index is -5.87. The van der Waals surface area contributed by atoms with Gasteiger partial charge in [0.15, 0.2) is 30.3 Å². The summed E-state index contributed by atoms with van der Waals surface area (Å²) in [4.78, 5) is 66.8. The molecule has 3 unspecified atom stereocenters. The highest BCUT2D eigenvalue weighted by molar-refractivity contribution is 7.90. The van der Waals surface area contributed by atoms with Gasteiger partial charge in [0, 0.05) is 70.4 Å². The van der Waals surface area contributed by atoms with E-state index in [1.54, 1.807) is 62.3 Å². The van der Waals surface area contributed by atoms with Gasteiger partial charge in [-0.05, 0) is 80.7 Å². The Morgan fingerprint density at radius 1 is 0.845 bits per heavy atom. The molecule has 0 radical (unpaired) electrons. The third-order valence-electron chi connectivity index (χ3n) is 16.4. The lowest BCUT2D eigenvalue weighted by molar-refractivity contribution is -0.305. The third-order valence-corrected chi connectivity index (χ3v) is 17.5. The smallest absolute Gasteiger partial charge is 0.461 e. The number of sulfonamides is 1. The number of ketones is 1. The van der Waals surface area contributed by atoms with Crippen molar-refractivity contribution < 1.29 is 108 Å². The summed E-state index contributed by atoms with van der Waals surface area (Å²) in [5.74, 6) is -8.95. The molecular formula is C56H97F3N4O20S. The number of methoxy groups -OCH3 is 2. The fourth-order valence-electron chi connectivity index (χ4n) is 11.7. The van der Waals surface area contributed by atoms with E-state index in [1.807, 2.05) is 20.9 Å². The van der Waals surface area contributed by atoms with Gasteiger partial charge in [0.1, 0.15) is 43.7 Å². The van der Waals surface area contributed by atoms with Crippen LogP contribution in [-0.2, 0) is 81.3 Å². The zero-order valence-corrected chi connectivity index (χ0v) is 53.1. The SMILES string of the molecule is CON=C1C[C@@H](C)O[C@@H](O[C@@H]2[C@H](C)C(O[C@H]3CC(C)N(C)C[C@H](C)O3)[C@@H](C)C(=O)O[C@H](C(C)CO[C@@H]3O[C@H](C)[C@@H](O)[C@@H](OC)[C@H]3OC)[C@H](C)[C@@H](OC(=O)CC(C)C)[C@@H](C)C(=O)[C@@](C)(OC(=O)NC(C)(C)CNS(=O)(=O)C(F)(F)F)C[C@@H]2C)[C@@H]1O. The number of esters is 2. The number of ether oxygens (including phenoxy) is 11. The first-order valence-corrected chi connectivity index (χ1v) is 30.4. The van der Waals surface area contributed by atoms with Gasteiger partial charge in [0.2, 0.25) is 0 Å². The second kappa shape index (κ2) is 30.7. The van der Waals surface area contributed by atoms with E-state index in [0.717, 1.165) is 0 Å². The number of halogens is 3. The topological polar surface area (TPSA) is 293 Å². The van der Waals surface area contributed by atoms with Crippen LogP contribution in [0.1, 0.15) is 130 Å². The lowest BCUT2D eigenvalue weighted by atomic mass is 9.74. The van der Waals surface area contributed by atoms with Crippen molar-refractivity contribution in [3.8, 4) is 0 Å². The molecule has 24 nitrogen and oxygen atoms in total. The number of carbonyl (C=O) groups is 4. The number of nitrogens with one attached hydrogen (secondary N) is 2. The molecule has 0 aromatic heterocycles. The lowest BCUT2D eigenvalue weighted by Crippen LogP contribution is -2.59. The molecule has 22 atom stereocenters. The second-order valence-electron chi connectivity index (χ2n) is 24.9. The van der Waals surface area contributed by atoms with Crippen molar-refractivity contribution in [2.24, 2.45) is 46.6 Å². The summed E-state index contributed by atoms with van der Waals surface area (Å²) < 4.78 is 136. The molecule has 488 valence electrons. The van der Waals surface area contributed by atoms with Gasteiger partial charge in [0.25, 0.3) is 0 Å². The molecule has 0 saturated carbocycles. The number of oxime groups is 1. The van der Waals surface area contributed by atoms with E-state index in [2.05, 4.69) is 15.4 Å². The van der Waals surface area contributed by atoms with Crippen LogP contribution in [0.3, 0.4) is 0 Å². The Bertz CT molecular complexity index is 2300. The van der Waals surface area contributed by atoms with E-state index in [1.165, 1.54) is 53.7 Å². The van der Waals surface area contributed by atoms with E-state index < -0.39 is 179 Å². The first-order valence-electron chi connectivity index (χ1n) is 28.9. The van der Waals surface area contributed by atoms with E-state index >= 15 is 9.59 Å². The molecule has 0 aromatic rings. The average molecular weight is 1240 g/mol. The molecule has 0 bridgehead atoms. The number of aliphatic hydroxyl groups is 2. The minimum absolute atomic E-state index is 0.0720. The van der Waals surface area contributed by atoms with Crippen molar-refractivity contribution in [1.29, 1.82) is 0 Å². The van der Waals surface area contributed by atoms with Crippen molar-refractivity contribution in [2.75, 3.05) is 48.1 Å². The highest BCUT2D eigenvalue weighted by atomic mass is 32.2. The standard InChI is InChI=1S/C56H97F3N4O20S/c1-27(2)20-39(64)79-45-34(9)44(29(4)25-75-52-48(73-18)47(72-17)41(65)37(12)78-52)81-50(68)36(11)46(80-40-21-30(5)63(16)24-32(7)76-40)33(8)43(82-51-42(66)38(62-74-19)22-31(6)77-51)28(3)23-55(15,49(67)35(45)10)83-53(69)61-54(13,14)26-60-84(70,71)56(57,58)59/h27-37,40-48,51-52,60,65-66H,20-26H2,1-19H3,(H,61,69)/t28-,29?,30?,31+,32-,33-,34-,35+,36+,37+,40-,41+,42+,43-,44+,45+,46?,47+,48+,51-,52+,55-/m0/s1. The van der Waals surface area contributed by atoms with Crippen LogP contribution in [0.25, 0.3) is 0 Å². The Hall–Kier alpha value is -3.39. The van der Waals surface area contributed by atoms with Crippen LogP contribution in [0.2, 0.25) is 0 Å². The normalized spacial score (nSPS) is 38.5. The van der Waals surface area contributed by atoms with Crippen LogP contribution >= 0.6 is 0 Å². The largest absolute Gasteiger partial charge is 0.511 e. The quantitative estimate of drug-likeness (QED) is 0.0732. The number of hydrogen-bond donors (Lipinski definition) is 4. The van der Waals surface area contributed by atoms with Crippen LogP contribution in [-0.4, -0.2) is 210 Å². The number of carbonyl (C=O) groups excluding carboxylic acids is 4. The Morgan fingerprint density at radius 2 is 1.48 bits per heavy atom. The van der Waals surface area contributed by atoms with Crippen molar-refractivity contribution in [1.82, 2.24) is 14.9 Å². The number of nitrogens with zero attached hydrogens (tertiary/aromatic N) is 2. The van der Waals surface area contributed by atoms with Crippen molar-refractivity contribution >= 4 is 39.6 Å². The summed E-state index contributed by atoms with van der Waals surface area (Å²) >= 11 is 0. The summed E-state index contributed by atoms with van der Waals surface area (Å²) in [6.07, 6.45) is -16.1. The van der Waals surface area contributed by atoms with Gasteiger partial charge in [0.05, 0.1) is 60.2 Å². The molecule has 4 saturated heterocycles. The van der Waals surface area contributed by atoms with Gasteiger partial charge in [-0.25, -0.2) is 17.9 Å². The molecule has 1 amide bonds. The predicted octanol–water partition coefficient (Wildman–Crippen LogP) is 5.22. The molecule has 4 N–H and O–H groups in total. The van der Waals surface area contributed by atoms with E-state index in [0.29, 0.717) is 13.0 Å². The van der Waals surface area contributed by atoms with E-state index in [9.17, 15) is 41.4 Å². The monoisotopic (exact) mass is 1230 g/mol. The molecule has 4 heterocycles. The van der Waals surface area contributed by atoms with Gasteiger partial charge < -0.3 is 77.4 Å². The number of amides is 1. The van der Waals surface area contributed by atoms with Gasteiger partial charge in [-0.15, -0.1) is 0 Å². The first-order chi connectivity index (χ1) is 38.8. The maximum Gasteiger partial charge on any atom is 0.511 e. The molecule has 0 spiro atoms. The number of likely N-dealkylation sites (N-methyl/N-ethyl adjacent to an activating group) is 1. The number of Topliss-reactive ketones (excluding diaryl/α,β-unsaturated/α-hetero) is 1. The first kappa shape index (κ1) is 73.1. The van der Waals surface area contributed by atoms with Crippen LogP contribution in [0.15, 0.2) is 5.16 Å². The van der Waals surface area contributed by atoms with Crippen LogP contribution < -0.4 is 10.0 Å². The summed E-state index contributed by atoms with van der Waals surface area (Å²) in [5.41, 5.74) is -9.55. The molecule has 4 aliphatic heterocycles. The number of alkyl carbamates (subject to hydrolysis) is 1. The number of alkyl halides is 3. The van der Waals surface area contributed by atoms with Crippen LogP contribution in [0.4, 0.5) is 18.0 Å². The molecule has 0 aliphatic carbocycles. The lowest BCUT2D eigenvalue weighted by Gasteiger charge is -2.45. The van der Waals surface area contributed by atoms with Crippen LogP contribution in [0.5, 0.6) is 0 Å². The number of rotatable bonds is 19. The highest BCUT2D eigenvalue weighted by Crippen LogP contribution is 2.41. The second-order valence-corrected chi connectivity index (χ2v) is 26.7. The molecular weight excluding hydrogens is 1140 g/mol. The Labute approximate surface area is 493 Å². The Kier molecular flexibility index (Phi) is 26.7. The third kappa shape index (κ3) is 19.1. The highest BCUT2D eigenvalue weighted by Gasteiger charge is 2.53. The molecule has 0 aromatic carbocycles. The van der Waals surface area contributed by atoms with Crippen molar-refractivity contribution in [3.63, 3.8) is 0 Å². The zero-order chi connectivity index (χ0) is 63.7. The number of hydrogen-bond acceptors (Lipinski definition) is 22. The van der Waals surface area contributed by atoms with Gasteiger partial charge in [-0.2, -0.15) is 13.2 Å². The fourth-order valence-corrected chi connectivity index (χ4v) is 12.4. The molecule has 84 heavy (non-hydrogen) atoms. The molecule has 28 heteroatoms. The number of aliphatic hydroxyl groups excluding tert-OH is 2. The zero-order valence-electron chi connectivity index (χ0n) is 52.3. The maximum atomic E-state index is 15.9. The van der Waals surface area contributed by atoms with Crippen molar-refractivity contribution in [2.45, 2.75) is 238 Å². The summed E-state index contributed by atoms with van der Waals surface area (Å²) in [5, 5.41) is 29.2. The minimum Gasteiger partial charge on any atom is -0.461 e.